The van der Waals surface area contributed by atoms with Crippen LogP contribution in [-0.4, -0.2) is 33.3 Å². The summed E-state index contributed by atoms with van der Waals surface area (Å²) in [6, 6.07) is 0. The van der Waals surface area contributed by atoms with Crippen LogP contribution >= 0.6 is 0 Å². The van der Waals surface area contributed by atoms with Gasteiger partial charge in [-0.15, -0.1) is 0 Å². The molecule has 1 aliphatic heterocycles. The van der Waals surface area contributed by atoms with Crippen molar-refractivity contribution >= 4 is 12.0 Å². The number of imidazole rings is 1. The summed E-state index contributed by atoms with van der Waals surface area (Å²) in [7, 11) is 0. The first-order valence-corrected chi connectivity index (χ1v) is 5.20. The number of hydrogen-bond acceptors (Lipinski definition) is 3. The highest BCUT2D eigenvalue weighted by Gasteiger charge is 2.19. The lowest BCUT2D eigenvalue weighted by Crippen LogP contribution is -2.31. The number of ether oxygens (including phenoxy) is 1. The molecule has 2 heterocycles. The maximum absolute atomic E-state index is 10.7. The van der Waals surface area contributed by atoms with E-state index in [4.69, 9.17) is 9.84 Å². The zero-order valence-electron chi connectivity index (χ0n) is 9.09. The van der Waals surface area contributed by atoms with Crippen LogP contribution in [0, 0.1) is 0 Å². The molecular weight excluding hydrogens is 208 g/mol. The van der Waals surface area contributed by atoms with E-state index in [1.807, 2.05) is 4.57 Å². The molecule has 1 saturated heterocycles. The van der Waals surface area contributed by atoms with E-state index in [1.165, 1.54) is 0 Å². The second-order valence-electron chi connectivity index (χ2n) is 3.88. The van der Waals surface area contributed by atoms with E-state index < -0.39 is 5.97 Å². The van der Waals surface area contributed by atoms with E-state index in [2.05, 4.69) is 4.98 Å². The molecule has 1 atom stereocenters. The highest BCUT2D eigenvalue weighted by atomic mass is 16.5. The van der Waals surface area contributed by atoms with Gasteiger partial charge in [0, 0.05) is 12.2 Å². The van der Waals surface area contributed by atoms with Gasteiger partial charge in [-0.05, 0) is 19.4 Å². The standard InChI is InChI=1S/C11H14N2O3/c1-8(11(14)15)4-9-5-12-7-13(9)6-10-2-3-16-10/h4-5,7,10H,2-3,6H2,1H3,(H,14,15)/b8-4+/t10-/m0/s1. The number of carboxylic acids is 1. The Balaban J connectivity index is 2.11. The molecule has 5 heteroatoms. The summed E-state index contributed by atoms with van der Waals surface area (Å²) in [4.78, 5) is 14.7. The molecule has 0 unspecified atom stereocenters. The lowest BCUT2D eigenvalue weighted by Gasteiger charge is -2.27. The van der Waals surface area contributed by atoms with E-state index in [1.54, 1.807) is 25.5 Å². The van der Waals surface area contributed by atoms with Crippen LogP contribution in [0.15, 0.2) is 18.1 Å². The Hall–Kier alpha value is -1.62. The molecule has 1 aromatic heterocycles. The van der Waals surface area contributed by atoms with Crippen LogP contribution < -0.4 is 0 Å². The Bertz CT molecular complexity index is 419. The Morgan fingerprint density at radius 2 is 2.56 bits per heavy atom. The average Bonchev–Trinajstić information content (AvgIpc) is 2.59. The van der Waals surface area contributed by atoms with Gasteiger partial charge in [-0.25, -0.2) is 9.78 Å². The summed E-state index contributed by atoms with van der Waals surface area (Å²) in [6.07, 6.45) is 6.27. The second kappa shape index (κ2) is 4.49. The minimum Gasteiger partial charge on any atom is -0.478 e. The van der Waals surface area contributed by atoms with Crippen molar-refractivity contribution in [2.75, 3.05) is 6.61 Å². The number of carbonyl (C=O) groups is 1. The predicted molar refractivity (Wildman–Crippen MR) is 57.9 cm³/mol. The van der Waals surface area contributed by atoms with Gasteiger partial charge in [0.15, 0.2) is 0 Å². The molecule has 2 rings (SSSR count). The lowest BCUT2D eigenvalue weighted by atomic mass is 10.2. The largest absolute Gasteiger partial charge is 0.478 e. The van der Waals surface area contributed by atoms with Crippen LogP contribution in [0.1, 0.15) is 19.0 Å². The molecule has 1 N–H and O–H groups in total. The van der Waals surface area contributed by atoms with Crippen LogP contribution in [0.5, 0.6) is 0 Å². The van der Waals surface area contributed by atoms with Gasteiger partial charge in [-0.1, -0.05) is 0 Å². The molecule has 1 fully saturated rings. The van der Waals surface area contributed by atoms with Crippen molar-refractivity contribution in [2.24, 2.45) is 0 Å². The maximum atomic E-state index is 10.7. The molecule has 1 aromatic rings. The van der Waals surface area contributed by atoms with Crippen molar-refractivity contribution in [3.05, 3.63) is 23.8 Å². The first kappa shape index (κ1) is 10.9. The summed E-state index contributed by atoms with van der Waals surface area (Å²) >= 11 is 0. The van der Waals surface area contributed by atoms with Crippen LogP contribution in [-0.2, 0) is 16.1 Å². The topological polar surface area (TPSA) is 64.4 Å². The number of aromatic nitrogens is 2. The van der Waals surface area contributed by atoms with Gasteiger partial charge in [0.1, 0.15) is 0 Å². The van der Waals surface area contributed by atoms with Gasteiger partial charge in [0.05, 0.1) is 30.9 Å². The molecule has 0 aromatic carbocycles. The smallest absolute Gasteiger partial charge is 0.331 e. The number of hydrogen-bond donors (Lipinski definition) is 1. The molecule has 5 nitrogen and oxygen atoms in total. The fourth-order valence-electron chi connectivity index (χ4n) is 1.54. The Kier molecular flexibility index (Phi) is 3.05. The summed E-state index contributed by atoms with van der Waals surface area (Å²) < 4.78 is 7.24. The third kappa shape index (κ3) is 2.30. The molecular formula is C11H14N2O3. The van der Waals surface area contributed by atoms with E-state index in [-0.39, 0.29) is 6.10 Å². The second-order valence-corrected chi connectivity index (χ2v) is 3.88. The summed E-state index contributed by atoms with van der Waals surface area (Å²) in [5.41, 5.74) is 1.10. The van der Waals surface area contributed by atoms with Gasteiger partial charge in [0.25, 0.3) is 0 Å². The third-order valence-corrected chi connectivity index (χ3v) is 2.64. The lowest BCUT2D eigenvalue weighted by molar-refractivity contribution is -0.132. The number of nitrogens with zero attached hydrogens (tertiary/aromatic N) is 2. The first-order valence-electron chi connectivity index (χ1n) is 5.20. The van der Waals surface area contributed by atoms with Crippen LogP contribution in [0.4, 0.5) is 0 Å². The number of aliphatic carboxylic acids is 1. The molecule has 0 bridgehead atoms. The zero-order chi connectivity index (χ0) is 11.5. The molecule has 0 saturated carbocycles. The minimum absolute atomic E-state index is 0.242. The Morgan fingerprint density at radius 3 is 3.12 bits per heavy atom. The van der Waals surface area contributed by atoms with Crippen molar-refractivity contribution < 1.29 is 14.6 Å². The maximum Gasteiger partial charge on any atom is 0.331 e. The molecule has 0 amide bonds. The fraction of sp³-hybridized carbons (Fsp3) is 0.455. The highest BCUT2D eigenvalue weighted by Crippen LogP contribution is 2.15. The zero-order valence-corrected chi connectivity index (χ0v) is 9.09. The predicted octanol–water partition coefficient (Wildman–Crippen LogP) is 1.16. The van der Waals surface area contributed by atoms with Crippen molar-refractivity contribution in [1.82, 2.24) is 9.55 Å². The number of rotatable bonds is 4. The number of carboxylic acid groups (broad SMARTS) is 1. The summed E-state index contributed by atoms with van der Waals surface area (Å²) in [5.74, 6) is -0.910. The molecule has 86 valence electrons. The minimum atomic E-state index is -0.910. The molecule has 16 heavy (non-hydrogen) atoms. The molecule has 0 radical (unpaired) electrons. The van der Waals surface area contributed by atoms with E-state index in [0.29, 0.717) is 5.57 Å². The highest BCUT2D eigenvalue weighted by molar-refractivity contribution is 5.91. The Morgan fingerprint density at radius 1 is 1.81 bits per heavy atom. The van der Waals surface area contributed by atoms with Crippen LogP contribution in [0.2, 0.25) is 0 Å². The summed E-state index contributed by atoms with van der Waals surface area (Å²) in [5, 5.41) is 8.79. The van der Waals surface area contributed by atoms with Crippen molar-refractivity contribution in [1.29, 1.82) is 0 Å². The quantitative estimate of drug-likeness (QED) is 0.776. The molecule has 1 aliphatic rings. The molecule has 0 aliphatic carbocycles. The normalized spacial score (nSPS) is 20.6. The van der Waals surface area contributed by atoms with Crippen LogP contribution in [0.25, 0.3) is 6.08 Å². The van der Waals surface area contributed by atoms with E-state index >= 15 is 0 Å². The third-order valence-electron chi connectivity index (χ3n) is 2.64. The fourth-order valence-corrected chi connectivity index (χ4v) is 1.54. The monoisotopic (exact) mass is 222 g/mol. The van der Waals surface area contributed by atoms with Crippen molar-refractivity contribution in [3.8, 4) is 0 Å². The van der Waals surface area contributed by atoms with E-state index in [0.717, 1.165) is 25.3 Å². The van der Waals surface area contributed by atoms with Gasteiger partial charge in [-0.2, -0.15) is 0 Å². The van der Waals surface area contributed by atoms with Gasteiger partial charge < -0.3 is 14.4 Å². The average molecular weight is 222 g/mol. The Labute approximate surface area is 93.4 Å². The van der Waals surface area contributed by atoms with Gasteiger partial charge >= 0.3 is 5.97 Å². The molecule has 0 spiro atoms. The summed E-state index contributed by atoms with van der Waals surface area (Å²) in [6.45, 7) is 3.12. The van der Waals surface area contributed by atoms with E-state index in [9.17, 15) is 4.79 Å². The first-order chi connectivity index (χ1) is 7.66. The van der Waals surface area contributed by atoms with Gasteiger partial charge in [0.2, 0.25) is 0 Å². The SMILES string of the molecule is C/C(=C\c1cncn1C[C@@H]1CCO1)C(=O)O. The van der Waals surface area contributed by atoms with Crippen molar-refractivity contribution in [2.45, 2.75) is 26.0 Å². The van der Waals surface area contributed by atoms with Crippen LogP contribution in [0.3, 0.4) is 0 Å². The van der Waals surface area contributed by atoms with Crippen molar-refractivity contribution in [3.63, 3.8) is 0 Å². The van der Waals surface area contributed by atoms with Gasteiger partial charge in [-0.3, -0.25) is 0 Å².